The average Bonchev–Trinajstić information content (AvgIpc) is 3.10. The Hall–Kier alpha value is -0.940. The Kier molecular flexibility index (Phi) is 2.88. The SMILES string of the molecule is OC(c1cccs1)(c1cccs1)c1cccs1. The number of aliphatic hydroxyl groups is 1. The van der Waals surface area contributed by atoms with Crippen LogP contribution in [0.1, 0.15) is 14.6 Å². The molecule has 86 valence electrons. The van der Waals surface area contributed by atoms with E-state index in [0.29, 0.717) is 0 Å². The summed E-state index contributed by atoms with van der Waals surface area (Å²) in [6.45, 7) is 0. The highest BCUT2D eigenvalue weighted by Gasteiger charge is 2.36. The van der Waals surface area contributed by atoms with Crippen LogP contribution in [0.2, 0.25) is 0 Å². The van der Waals surface area contributed by atoms with Gasteiger partial charge in [0.25, 0.3) is 0 Å². The highest BCUT2D eigenvalue weighted by atomic mass is 32.1. The minimum atomic E-state index is -0.976. The van der Waals surface area contributed by atoms with E-state index in [2.05, 4.69) is 0 Å². The second kappa shape index (κ2) is 4.38. The first-order valence-corrected chi connectivity index (χ1v) is 7.80. The summed E-state index contributed by atoms with van der Waals surface area (Å²) >= 11 is 4.77. The highest BCUT2D eigenvalue weighted by Crippen LogP contribution is 2.42. The predicted molar refractivity (Wildman–Crippen MR) is 75.1 cm³/mol. The van der Waals surface area contributed by atoms with Crippen LogP contribution in [0.3, 0.4) is 0 Å². The van der Waals surface area contributed by atoms with Gasteiger partial charge in [0.1, 0.15) is 0 Å². The summed E-state index contributed by atoms with van der Waals surface area (Å²) in [5.41, 5.74) is -0.976. The molecule has 0 saturated heterocycles. The summed E-state index contributed by atoms with van der Waals surface area (Å²) in [6.07, 6.45) is 0. The van der Waals surface area contributed by atoms with E-state index in [9.17, 15) is 5.11 Å². The van der Waals surface area contributed by atoms with E-state index in [0.717, 1.165) is 14.6 Å². The molecule has 1 nitrogen and oxygen atoms in total. The molecule has 3 aromatic rings. The zero-order chi connectivity index (χ0) is 11.7. The van der Waals surface area contributed by atoms with Crippen molar-refractivity contribution in [2.45, 2.75) is 5.60 Å². The second-order valence-corrected chi connectivity index (χ2v) is 6.49. The lowest BCUT2D eigenvalue weighted by molar-refractivity contribution is 0.137. The third-order valence-corrected chi connectivity index (χ3v) is 5.57. The van der Waals surface area contributed by atoms with E-state index in [1.54, 1.807) is 34.0 Å². The van der Waals surface area contributed by atoms with E-state index in [1.807, 2.05) is 52.5 Å². The second-order valence-electron chi connectivity index (χ2n) is 3.64. The molecular weight excluding hydrogens is 268 g/mol. The zero-order valence-electron chi connectivity index (χ0n) is 8.87. The predicted octanol–water partition coefficient (Wildman–Crippen LogP) is 4.16. The molecule has 0 unspecified atom stereocenters. The van der Waals surface area contributed by atoms with E-state index in [-0.39, 0.29) is 0 Å². The standard InChI is InChI=1S/C13H10OS3/c14-13(10-4-1-7-15-10,11-5-2-8-16-11)12-6-3-9-17-12/h1-9,14H. The maximum atomic E-state index is 11.1. The molecule has 17 heavy (non-hydrogen) atoms. The van der Waals surface area contributed by atoms with E-state index in [4.69, 9.17) is 0 Å². The molecule has 0 aliphatic heterocycles. The van der Waals surface area contributed by atoms with Gasteiger partial charge in [0.2, 0.25) is 0 Å². The molecule has 1 N–H and O–H groups in total. The lowest BCUT2D eigenvalue weighted by Gasteiger charge is -2.24. The molecule has 0 fully saturated rings. The molecule has 4 heteroatoms. The van der Waals surface area contributed by atoms with Crippen LogP contribution < -0.4 is 0 Å². The fraction of sp³-hybridized carbons (Fsp3) is 0.0769. The molecule has 0 saturated carbocycles. The molecule has 0 radical (unpaired) electrons. The summed E-state index contributed by atoms with van der Waals surface area (Å²) in [5, 5.41) is 17.1. The van der Waals surface area contributed by atoms with Gasteiger partial charge in [0, 0.05) is 14.6 Å². The summed E-state index contributed by atoms with van der Waals surface area (Å²) < 4.78 is 0. The molecule has 0 spiro atoms. The highest BCUT2D eigenvalue weighted by molar-refractivity contribution is 7.13. The normalized spacial score (nSPS) is 11.8. The smallest absolute Gasteiger partial charge is 0.167 e. The molecule has 0 aliphatic rings. The third-order valence-electron chi connectivity index (χ3n) is 2.63. The van der Waals surface area contributed by atoms with Crippen molar-refractivity contribution in [2.24, 2.45) is 0 Å². The minimum absolute atomic E-state index is 0.974. The first-order valence-electron chi connectivity index (χ1n) is 5.16. The summed E-state index contributed by atoms with van der Waals surface area (Å²) in [7, 11) is 0. The van der Waals surface area contributed by atoms with Crippen molar-refractivity contribution < 1.29 is 5.11 Å². The molecule has 0 bridgehead atoms. The Balaban J connectivity index is 2.21. The summed E-state index contributed by atoms with van der Waals surface area (Å²) in [5.74, 6) is 0. The van der Waals surface area contributed by atoms with Crippen molar-refractivity contribution in [1.82, 2.24) is 0 Å². The van der Waals surface area contributed by atoms with Crippen molar-refractivity contribution in [3.63, 3.8) is 0 Å². The van der Waals surface area contributed by atoms with Gasteiger partial charge < -0.3 is 5.11 Å². The van der Waals surface area contributed by atoms with Crippen LogP contribution >= 0.6 is 34.0 Å². The van der Waals surface area contributed by atoms with Crippen LogP contribution in [0.4, 0.5) is 0 Å². The fourth-order valence-electron chi connectivity index (χ4n) is 1.82. The van der Waals surface area contributed by atoms with Crippen LogP contribution in [0.25, 0.3) is 0 Å². The third kappa shape index (κ3) is 1.77. The zero-order valence-corrected chi connectivity index (χ0v) is 11.3. The van der Waals surface area contributed by atoms with E-state index >= 15 is 0 Å². The van der Waals surface area contributed by atoms with E-state index in [1.165, 1.54) is 0 Å². The van der Waals surface area contributed by atoms with Crippen LogP contribution in [0, 0.1) is 0 Å². The molecule has 3 rings (SSSR count). The Morgan fingerprint density at radius 2 is 1.06 bits per heavy atom. The Bertz CT molecular complexity index is 480. The molecule has 3 heterocycles. The molecular formula is C13H10OS3. The van der Waals surface area contributed by atoms with Gasteiger partial charge in [-0.05, 0) is 34.3 Å². The Morgan fingerprint density at radius 3 is 1.29 bits per heavy atom. The van der Waals surface area contributed by atoms with Gasteiger partial charge in [0.15, 0.2) is 5.60 Å². The first kappa shape index (κ1) is 11.2. The van der Waals surface area contributed by atoms with Gasteiger partial charge in [0.05, 0.1) is 0 Å². The Morgan fingerprint density at radius 1 is 0.706 bits per heavy atom. The van der Waals surface area contributed by atoms with Crippen LogP contribution in [-0.4, -0.2) is 5.11 Å². The lowest BCUT2D eigenvalue weighted by atomic mass is 9.98. The number of rotatable bonds is 3. The molecule has 0 aliphatic carbocycles. The molecule has 0 atom stereocenters. The molecule has 0 amide bonds. The maximum absolute atomic E-state index is 11.1. The van der Waals surface area contributed by atoms with Gasteiger partial charge in [-0.15, -0.1) is 34.0 Å². The van der Waals surface area contributed by atoms with Crippen molar-refractivity contribution in [1.29, 1.82) is 0 Å². The van der Waals surface area contributed by atoms with Crippen molar-refractivity contribution in [2.75, 3.05) is 0 Å². The first-order chi connectivity index (χ1) is 8.32. The van der Waals surface area contributed by atoms with Gasteiger partial charge in [-0.25, -0.2) is 0 Å². The van der Waals surface area contributed by atoms with Gasteiger partial charge in [-0.2, -0.15) is 0 Å². The van der Waals surface area contributed by atoms with Crippen LogP contribution in [0.5, 0.6) is 0 Å². The molecule has 3 aromatic heterocycles. The fourth-order valence-corrected chi connectivity index (χ4v) is 4.57. The Labute approximate surface area is 112 Å². The van der Waals surface area contributed by atoms with Crippen molar-refractivity contribution >= 4 is 34.0 Å². The summed E-state index contributed by atoms with van der Waals surface area (Å²) in [4.78, 5) is 2.92. The number of hydrogen-bond acceptors (Lipinski definition) is 4. The molecule has 0 aromatic carbocycles. The summed E-state index contributed by atoms with van der Waals surface area (Å²) in [6, 6.07) is 11.9. The average molecular weight is 278 g/mol. The van der Waals surface area contributed by atoms with Gasteiger partial charge in [-0.3, -0.25) is 0 Å². The largest absolute Gasteiger partial charge is 0.374 e. The maximum Gasteiger partial charge on any atom is 0.167 e. The van der Waals surface area contributed by atoms with Crippen LogP contribution in [0.15, 0.2) is 52.5 Å². The van der Waals surface area contributed by atoms with Crippen molar-refractivity contribution in [3.05, 3.63) is 67.2 Å². The van der Waals surface area contributed by atoms with Crippen molar-refractivity contribution in [3.8, 4) is 0 Å². The van der Waals surface area contributed by atoms with Crippen LogP contribution in [-0.2, 0) is 5.60 Å². The van der Waals surface area contributed by atoms with Gasteiger partial charge in [-0.1, -0.05) is 18.2 Å². The number of hydrogen-bond donors (Lipinski definition) is 1. The minimum Gasteiger partial charge on any atom is -0.374 e. The quantitative estimate of drug-likeness (QED) is 0.763. The topological polar surface area (TPSA) is 20.2 Å². The monoisotopic (exact) mass is 278 g/mol. The van der Waals surface area contributed by atoms with Gasteiger partial charge >= 0.3 is 0 Å². The van der Waals surface area contributed by atoms with E-state index < -0.39 is 5.60 Å². The lowest BCUT2D eigenvalue weighted by Crippen LogP contribution is -2.25. The number of thiophene rings is 3.